The molecule has 0 aromatic rings. The summed E-state index contributed by atoms with van der Waals surface area (Å²) in [6.07, 6.45) is 1.90. The zero-order valence-electron chi connectivity index (χ0n) is 14.9. The Kier molecular flexibility index (Phi) is 5.62. The van der Waals surface area contributed by atoms with Gasteiger partial charge in [-0.2, -0.15) is 13.5 Å². The lowest BCUT2D eigenvalue weighted by Gasteiger charge is -2.42. The van der Waals surface area contributed by atoms with Crippen LogP contribution < -0.4 is 0 Å². The van der Waals surface area contributed by atoms with Crippen molar-refractivity contribution < 1.29 is 32.1 Å². The molecule has 0 saturated heterocycles. The monoisotopic (exact) mass is 375 g/mol. The van der Waals surface area contributed by atoms with Crippen LogP contribution in [-0.2, 0) is 28.7 Å². The molecule has 0 radical (unpaired) electrons. The van der Waals surface area contributed by atoms with Gasteiger partial charge in [0.15, 0.2) is 5.76 Å². The number of carbonyl (C=O) groups is 1. The van der Waals surface area contributed by atoms with E-state index in [1.165, 1.54) is 14.0 Å². The zero-order chi connectivity index (χ0) is 19.0. The molecule has 0 fully saturated rings. The minimum atomic E-state index is -3.94. The fourth-order valence-electron chi connectivity index (χ4n) is 3.11. The molecular formula is C16H25NO7S. The number of rotatable bonds is 7. The van der Waals surface area contributed by atoms with Crippen molar-refractivity contribution in [1.29, 1.82) is 0 Å². The highest BCUT2D eigenvalue weighted by atomic mass is 32.2. The number of amides is 1. The Labute approximate surface area is 148 Å². The van der Waals surface area contributed by atoms with E-state index in [1.807, 2.05) is 6.92 Å². The van der Waals surface area contributed by atoms with Crippen molar-refractivity contribution in [2.75, 3.05) is 13.4 Å². The Morgan fingerprint density at radius 3 is 2.56 bits per heavy atom. The van der Waals surface area contributed by atoms with Crippen LogP contribution in [0.25, 0.3) is 0 Å². The third kappa shape index (κ3) is 3.74. The second-order valence-corrected chi connectivity index (χ2v) is 8.08. The number of hydroxylamine groups is 2. The summed E-state index contributed by atoms with van der Waals surface area (Å²) in [5.74, 6) is -0.558. The zero-order valence-corrected chi connectivity index (χ0v) is 15.8. The van der Waals surface area contributed by atoms with Gasteiger partial charge in [0.05, 0.1) is 18.9 Å². The molecule has 0 saturated carbocycles. The van der Waals surface area contributed by atoms with Gasteiger partial charge in [0.1, 0.15) is 23.5 Å². The smallest absolute Gasteiger partial charge is 0.284 e. The fourth-order valence-corrected chi connectivity index (χ4v) is 3.75. The van der Waals surface area contributed by atoms with Crippen LogP contribution in [0, 0.1) is 0 Å². The minimum absolute atomic E-state index is 0.103. The Hall–Kier alpha value is -1.42. The molecule has 25 heavy (non-hydrogen) atoms. The molecule has 0 aliphatic carbocycles. The second kappa shape index (κ2) is 7.06. The maximum Gasteiger partial charge on any atom is 0.284 e. The fraction of sp³-hybridized carbons (Fsp3) is 0.688. The molecule has 0 unspecified atom stereocenters. The van der Waals surface area contributed by atoms with Gasteiger partial charge in [-0.3, -0.25) is 13.8 Å². The average Bonchev–Trinajstić information content (AvgIpc) is 2.73. The normalized spacial score (nSPS) is 29.9. The van der Waals surface area contributed by atoms with Crippen molar-refractivity contribution in [2.45, 2.75) is 57.3 Å². The SMILES string of the molecule is C=C1C2=C(C(=O)N1OC)[C@H](OS(C)(=O)=O)[C@@](C)(O)[C@H](CCCCC)O2. The van der Waals surface area contributed by atoms with E-state index in [4.69, 9.17) is 13.8 Å². The van der Waals surface area contributed by atoms with Gasteiger partial charge in [-0.15, -0.1) is 0 Å². The molecule has 2 aliphatic rings. The topological polar surface area (TPSA) is 102 Å². The average molecular weight is 375 g/mol. The molecule has 0 bridgehead atoms. The number of unbranched alkanes of at least 4 members (excludes halogenated alkanes) is 2. The highest BCUT2D eigenvalue weighted by Gasteiger charge is 2.56. The molecule has 142 valence electrons. The molecular weight excluding hydrogens is 350 g/mol. The van der Waals surface area contributed by atoms with Crippen molar-refractivity contribution >= 4 is 16.0 Å². The van der Waals surface area contributed by atoms with Crippen molar-refractivity contribution in [2.24, 2.45) is 0 Å². The van der Waals surface area contributed by atoms with Gasteiger partial charge < -0.3 is 9.84 Å². The standard InChI is InChI=1S/C16H25NO7S/c1-6-7-8-9-11-16(3,19)14(24-25(5,20)21)12-13(23-11)10(2)17(22-4)15(12)18/h11,14,19H,2,6-9H2,1,3-5H3/t11-,14-,16-/m0/s1. The molecule has 2 rings (SSSR count). The maximum atomic E-state index is 12.5. The van der Waals surface area contributed by atoms with Gasteiger partial charge in [0.25, 0.3) is 16.0 Å². The lowest BCUT2D eigenvalue weighted by Crippen LogP contribution is -2.56. The largest absolute Gasteiger partial charge is 0.484 e. The number of hydrogen-bond donors (Lipinski definition) is 1. The number of nitrogens with zero attached hydrogens (tertiary/aromatic N) is 1. The summed E-state index contributed by atoms with van der Waals surface area (Å²) in [6.45, 7) is 7.22. The van der Waals surface area contributed by atoms with Gasteiger partial charge >= 0.3 is 0 Å². The lowest BCUT2D eigenvalue weighted by atomic mass is 9.82. The second-order valence-electron chi connectivity index (χ2n) is 6.48. The van der Waals surface area contributed by atoms with Gasteiger partial charge in [-0.1, -0.05) is 26.3 Å². The molecule has 2 aliphatic heterocycles. The summed E-state index contributed by atoms with van der Waals surface area (Å²) in [6, 6.07) is 0. The predicted molar refractivity (Wildman–Crippen MR) is 89.4 cm³/mol. The Bertz CT molecular complexity index is 695. The highest BCUT2D eigenvalue weighted by molar-refractivity contribution is 7.86. The van der Waals surface area contributed by atoms with Crippen LogP contribution in [0.1, 0.15) is 39.5 Å². The van der Waals surface area contributed by atoms with Crippen LogP contribution in [0.5, 0.6) is 0 Å². The van der Waals surface area contributed by atoms with Crippen LogP contribution in [0.2, 0.25) is 0 Å². The third-order valence-electron chi connectivity index (χ3n) is 4.40. The van der Waals surface area contributed by atoms with E-state index < -0.39 is 33.8 Å². The van der Waals surface area contributed by atoms with Gasteiger partial charge in [-0.05, 0) is 19.8 Å². The first-order valence-electron chi connectivity index (χ1n) is 8.13. The van der Waals surface area contributed by atoms with Crippen molar-refractivity contribution in [1.82, 2.24) is 5.06 Å². The molecule has 0 aromatic carbocycles. The van der Waals surface area contributed by atoms with Crippen LogP contribution in [-0.4, -0.2) is 55.7 Å². The Morgan fingerprint density at radius 2 is 2.04 bits per heavy atom. The predicted octanol–water partition coefficient (Wildman–Crippen LogP) is 1.23. The van der Waals surface area contributed by atoms with Crippen molar-refractivity contribution in [3.05, 3.63) is 23.6 Å². The summed E-state index contributed by atoms with van der Waals surface area (Å²) in [7, 11) is -2.66. The summed E-state index contributed by atoms with van der Waals surface area (Å²) >= 11 is 0. The first-order valence-corrected chi connectivity index (χ1v) is 9.95. The molecule has 3 atom stereocenters. The minimum Gasteiger partial charge on any atom is -0.484 e. The molecule has 1 amide bonds. The first-order chi connectivity index (χ1) is 11.5. The summed E-state index contributed by atoms with van der Waals surface area (Å²) in [5.41, 5.74) is -1.66. The molecule has 9 heteroatoms. The number of aliphatic hydroxyl groups is 1. The lowest BCUT2D eigenvalue weighted by molar-refractivity contribution is -0.160. The Balaban J connectivity index is 2.47. The van der Waals surface area contributed by atoms with Crippen molar-refractivity contribution in [3.63, 3.8) is 0 Å². The van der Waals surface area contributed by atoms with E-state index in [0.29, 0.717) is 6.42 Å². The Morgan fingerprint density at radius 1 is 1.40 bits per heavy atom. The summed E-state index contributed by atoms with van der Waals surface area (Å²) < 4.78 is 34.4. The molecule has 2 heterocycles. The third-order valence-corrected chi connectivity index (χ3v) is 4.94. The highest BCUT2D eigenvalue weighted by Crippen LogP contribution is 2.44. The number of ether oxygens (including phenoxy) is 1. The number of hydrogen-bond acceptors (Lipinski definition) is 7. The molecule has 8 nitrogen and oxygen atoms in total. The van der Waals surface area contributed by atoms with Gasteiger partial charge in [-0.25, -0.2) is 0 Å². The van der Waals surface area contributed by atoms with Crippen molar-refractivity contribution in [3.8, 4) is 0 Å². The van der Waals surface area contributed by atoms with E-state index >= 15 is 0 Å². The van der Waals surface area contributed by atoms with E-state index in [0.717, 1.165) is 30.6 Å². The van der Waals surface area contributed by atoms with Crippen LogP contribution >= 0.6 is 0 Å². The molecule has 0 aromatic heterocycles. The quantitative estimate of drug-likeness (QED) is 0.527. The van der Waals surface area contributed by atoms with Crippen LogP contribution in [0.3, 0.4) is 0 Å². The maximum absolute atomic E-state index is 12.5. The summed E-state index contributed by atoms with van der Waals surface area (Å²) in [5, 5.41) is 11.9. The first kappa shape index (κ1) is 19.9. The summed E-state index contributed by atoms with van der Waals surface area (Å²) in [4.78, 5) is 17.5. The van der Waals surface area contributed by atoms with Crippen LogP contribution in [0.4, 0.5) is 0 Å². The van der Waals surface area contributed by atoms with E-state index in [2.05, 4.69) is 6.58 Å². The number of carbonyl (C=O) groups excluding carboxylic acids is 1. The van der Waals surface area contributed by atoms with E-state index in [9.17, 15) is 18.3 Å². The van der Waals surface area contributed by atoms with E-state index in [-0.39, 0.29) is 17.0 Å². The molecule has 0 spiro atoms. The van der Waals surface area contributed by atoms with Crippen LogP contribution in [0.15, 0.2) is 23.6 Å². The molecule has 1 N–H and O–H groups in total. The van der Waals surface area contributed by atoms with Gasteiger partial charge in [0.2, 0.25) is 0 Å². The van der Waals surface area contributed by atoms with Gasteiger partial charge in [0, 0.05) is 0 Å². The van der Waals surface area contributed by atoms with E-state index in [1.54, 1.807) is 0 Å².